The van der Waals surface area contributed by atoms with E-state index in [2.05, 4.69) is 0 Å². The summed E-state index contributed by atoms with van der Waals surface area (Å²) in [6, 6.07) is 4.29. The highest BCUT2D eigenvalue weighted by atomic mass is 32.1. The molecule has 1 heterocycles. The molecule has 1 aliphatic heterocycles. The Hall–Kier alpha value is -1.63. The van der Waals surface area contributed by atoms with Crippen molar-refractivity contribution in [3.8, 4) is 0 Å². The van der Waals surface area contributed by atoms with Crippen LogP contribution in [0.4, 0.5) is 13.2 Å². The van der Waals surface area contributed by atoms with Gasteiger partial charge in [-0.1, -0.05) is 24.4 Å². The molecular formula is C13H13F3N2OS. The zero-order chi connectivity index (χ0) is 14.9. The van der Waals surface area contributed by atoms with Gasteiger partial charge in [-0.05, 0) is 25.0 Å². The molecule has 1 atom stereocenters. The van der Waals surface area contributed by atoms with E-state index in [9.17, 15) is 18.0 Å². The van der Waals surface area contributed by atoms with E-state index in [1.807, 2.05) is 0 Å². The number of nitrogens with zero attached hydrogens (tertiary/aromatic N) is 1. The van der Waals surface area contributed by atoms with E-state index in [0.717, 1.165) is 6.07 Å². The number of thiocarbonyl (C=S) groups is 1. The summed E-state index contributed by atoms with van der Waals surface area (Å²) in [6.45, 7) is 0.368. The van der Waals surface area contributed by atoms with Crippen LogP contribution in [0.1, 0.15) is 28.8 Å². The Bertz CT molecular complexity index is 545. The average Bonchev–Trinajstić information content (AvgIpc) is 2.86. The summed E-state index contributed by atoms with van der Waals surface area (Å²) in [7, 11) is 0. The van der Waals surface area contributed by atoms with Crippen molar-refractivity contribution in [1.29, 1.82) is 0 Å². The van der Waals surface area contributed by atoms with Gasteiger partial charge in [-0.3, -0.25) is 4.79 Å². The van der Waals surface area contributed by atoms with Gasteiger partial charge in [-0.15, -0.1) is 0 Å². The molecule has 20 heavy (non-hydrogen) atoms. The number of likely N-dealkylation sites (tertiary alicyclic amines) is 1. The van der Waals surface area contributed by atoms with Crippen LogP contribution in [0.3, 0.4) is 0 Å². The van der Waals surface area contributed by atoms with E-state index in [0.29, 0.717) is 19.4 Å². The molecule has 1 aromatic carbocycles. The summed E-state index contributed by atoms with van der Waals surface area (Å²) >= 11 is 4.87. The first-order valence-corrected chi connectivity index (χ1v) is 6.49. The maximum absolute atomic E-state index is 12.9. The zero-order valence-electron chi connectivity index (χ0n) is 10.5. The van der Waals surface area contributed by atoms with Gasteiger partial charge in [0.2, 0.25) is 0 Å². The Kier molecular flexibility index (Phi) is 3.99. The first-order chi connectivity index (χ1) is 9.32. The highest BCUT2D eigenvalue weighted by Crippen LogP contribution is 2.33. The fraction of sp³-hybridized carbons (Fsp3) is 0.385. The lowest BCUT2D eigenvalue weighted by Gasteiger charge is -2.25. The van der Waals surface area contributed by atoms with Gasteiger partial charge in [-0.2, -0.15) is 13.2 Å². The predicted octanol–water partition coefficient (Wildman–Crippen LogP) is 2.60. The molecule has 1 saturated heterocycles. The summed E-state index contributed by atoms with van der Waals surface area (Å²) < 4.78 is 38.8. The number of hydrogen-bond donors (Lipinski definition) is 1. The molecule has 0 radical (unpaired) electrons. The molecule has 1 amide bonds. The van der Waals surface area contributed by atoms with Crippen molar-refractivity contribution in [2.75, 3.05) is 6.54 Å². The van der Waals surface area contributed by atoms with E-state index >= 15 is 0 Å². The van der Waals surface area contributed by atoms with Crippen LogP contribution in [0.5, 0.6) is 0 Å². The number of benzene rings is 1. The van der Waals surface area contributed by atoms with Gasteiger partial charge >= 0.3 is 6.18 Å². The minimum Gasteiger partial charge on any atom is -0.392 e. The van der Waals surface area contributed by atoms with Gasteiger partial charge in [0.05, 0.1) is 22.2 Å². The quantitative estimate of drug-likeness (QED) is 0.854. The molecule has 0 bridgehead atoms. The predicted molar refractivity (Wildman–Crippen MR) is 72.3 cm³/mol. The maximum Gasteiger partial charge on any atom is 0.417 e. The highest BCUT2D eigenvalue weighted by molar-refractivity contribution is 7.80. The number of nitrogens with two attached hydrogens (primary N) is 1. The second-order valence-electron chi connectivity index (χ2n) is 4.60. The number of alkyl halides is 3. The summed E-state index contributed by atoms with van der Waals surface area (Å²) in [5.41, 5.74) is 4.25. The summed E-state index contributed by atoms with van der Waals surface area (Å²) in [5.74, 6) is -0.673. The molecule has 1 fully saturated rings. The number of hydrogen-bond acceptors (Lipinski definition) is 2. The van der Waals surface area contributed by atoms with Crippen molar-refractivity contribution in [2.45, 2.75) is 25.1 Å². The topological polar surface area (TPSA) is 46.3 Å². The number of amides is 1. The van der Waals surface area contributed by atoms with Crippen LogP contribution < -0.4 is 5.73 Å². The molecule has 1 unspecified atom stereocenters. The Morgan fingerprint density at radius 1 is 1.35 bits per heavy atom. The number of carbonyl (C=O) groups is 1. The fourth-order valence-electron chi connectivity index (χ4n) is 2.38. The van der Waals surface area contributed by atoms with Gasteiger partial charge in [0, 0.05) is 6.54 Å². The van der Waals surface area contributed by atoms with Gasteiger partial charge in [-0.25, -0.2) is 0 Å². The zero-order valence-corrected chi connectivity index (χ0v) is 11.3. The molecule has 7 heteroatoms. The van der Waals surface area contributed by atoms with Crippen LogP contribution in [0.2, 0.25) is 0 Å². The van der Waals surface area contributed by atoms with Crippen molar-refractivity contribution in [2.24, 2.45) is 5.73 Å². The lowest BCUT2D eigenvalue weighted by molar-refractivity contribution is -0.138. The molecule has 0 aliphatic carbocycles. The van der Waals surface area contributed by atoms with E-state index in [-0.39, 0.29) is 10.6 Å². The molecule has 0 saturated carbocycles. The van der Waals surface area contributed by atoms with E-state index in [1.54, 1.807) is 0 Å². The third-order valence-electron chi connectivity index (χ3n) is 3.30. The lowest BCUT2D eigenvalue weighted by atomic mass is 10.1. The summed E-state index contributed by atoms with van der Waals surface area (Å²) in [4.78, 5) is 13.8. The third-order valence-corrected chi connectivity index (χ3v) is 3.58. The first-order valence-electron chi connectivity index (χ1n) is 6.09. The highest BCUT2D eigenvalue weighted by Gasteiger charge is 2.38. The first kappa shape index (κ1) is 14.8. The Morgan fingerprint density at radius 2 is 2.00 bits per heavy atom. The second-order valence-corrected chi connectivity index (χ2v) is 5.07. The summed E-state index contributed by atoms with van der Waals surface area (Å²) in [6.07, 6.45) is -3.29. The number of rotatable bonds is 2. The van der Waals surface area contributed by atoms with Crippen LogP contribution in [0, 0.1) is 0 Å². The van der Waals surface area contributed by atoms with Crippen molar-refractivity contribution in [3.05, 3.63) is 35.4 Å². The number of halogens is 3. The SMILES string of the molecule is NC(=S)C1CCCN1C(=O)c1ccccc1C(F)(F)F. The molecule has 108 valence electrons. The molecule has 3 nitrogen and oxygen atoms in total. The normalized spacial score (nSPS) is 19.1. The molecular weight excluding hydrogens is 289 g/mol. The second kappa shape index (κ2) is 5.40. The van der Waals surface area contributed by atoms with E-state index in [4.69, 9.17) is 18.0 Å². The Morgan fingerprint density at radius 3 is 2.60 bits per heavy atom. The third kappa shape index (κ3) is 2.77. The van der Waals surface area contributed by atoms with E-state index in [1.165, 1.54) is 23.1 Å². The van der Waals surface area contributed by atoms with Crippen LogP contribution in [-0.2, 0) is 6.18 Å². The molecule has 2 N–H and O–H groups in total. The van der Waals surface area contributed by atoms with Crippen molar-refractivity contribution < 1.29 is 18.0 Å². The smallest absolute Gasteiger partial charge is 0.392 e. The molecule has 2 rings (SSSR count). The van der Waals surface area contributed by atoms with Gasteiger partial charge < -0.3 is 10.6 Å². The number of carbonyl (C=O) groups excluding carboxylic acids is 1. The van der Waals surface area contributed by atoms with Crippen LogP contribution in [0.15, 0.2) is 24.3 Å². The molecule has 1 aromatic rings. The maximum atomic E-state index is 12.9. The van der Waals surface area contributed by atoms with Crippen molar-refractivity contribution in [3.63, 3.8) is 0 Å². The molecule has 0 spiro atoms. The molecule has 1 aliphatic rings. The lowest BCUT2D eigenvalue weighted by Crippen LogP contribution is -2.43. The monoisotopic (exact) mass is 302 g/mol. The minimum absolute atomic E-state index is 0.139. The Labute approximate surface area is 119 Å². The van der Waals surface area contributed by atoms with Gasteiger partial charge in [0.15, 0.2) is 0 Å². The average molecular weight is 302 g/mol. The standard InChI is InChI=1S/C13H13F3N2OS/c14-13(15,16)9-5-2-1-4-8(9)12(19)18-7-3-6-10(18)11(17)20/h1-2,4-5,10H,3,6-7H2,(H2,17,20). The van der Waals surface area contributed by atoms with Crippen LogP contribution in [-0.4, -0.2) is 28.4 Å². The largest absolute Gasteiger partial charge is 0.417 e. The fourth-order valence-corrected chi connectivity index (χ4v) is 2.62. The van der Waals surface area contributed by atoms with E-state index < -0.39 is 23.7 Å². The molecule has 0 aromatic heterocycles. The van der Waals surface area contributed by atoms with Gasteiger partial charge in [0.1, 0.15) is 0 Å². The van der Waals surface area contributed by atoms with Gasteiger partial charge in [0.25, 0.3) is 5.91 Å². The van der Waals surface area contributed by atoms with Crippen LogP contribution in [0.25, 0.3) is 0 Å². The van der Waals surface area contributed by atoms with Crippen LogP contribution >= 0.6 is 12.2 Å². The van der Waals surface area contributed by atoms with Crippen molar-refractivity contribution >= 4 is 23.1 Å². The minimum atomic E-state index is -4.56. The van der Waals surface area contributed by atoms with Crippen molar-refractivity contribution in [1.82, 2.24) is 4.90 Å². The Balaban J connectivity index is 2.37. The summed E-state index contributed by atoms with van der Waals surface area (Å²) in [5, 5.41) is 0.